The van der Waals surface area contributed by atoms with Gasteiger partial charge in [-0.1, -0.05) is 48.6 Å². The van der Waals surface area contributed by atoms with Crippen LogP contribution >= 0.6 is 0 Å². The number of allylic oxidation sites excluding steroid dienone is 3. The molecule has 0 N–H and O–H groups in total. The number of rotatable bonds is 6. The van der Waals surface area contributed by atoms with Crippen molar-refractivity contribution in [2.45, 2.75) is 31.5 Å². The minimum Gasteiger partial charge on any atom is -0.341 e. The number of aryl methyl sites for hydroxylation is 1. The largest absolute Gasteiger partial charge is 0.341 e. The van der Waals surface area contributed by atoms with Crippen molar-refractivity contribution in [3.05, 3.63) is 65.8 Å². The molecule has 0 spiro atoms. The van der Waals surface area contributed by atoms with Crippen LogP contribution in [0.3, 0.4) is 0 Å². The van der Waals surface area contributed by atoms with E-state index in [1.807, 2.05) is 12.2 Å². The zero-order chi connectivity index (χ0) is 13.7. The van der Waals surface area contributed by atoms with Crippen LogP contribution in [0.1, 0.15) is 41.8 Å². The second-order valence-electron chi connectivity index (χ2n) is 5.17. The molecule has 0 amide bonds. The van der Waals surface area contributed by atoms with Crippen molar-refractivity contribution in [1.29, 1.82) is 0 Å². The third-order valence-corrected chi connectivity index (χ3v) is 3.74. The fraction of sp³-hybridized carbons (Fsp3) is 0.294. The quantitative estimate of drug-likeness (QED) is 0.397. The Bertz CT molecular complexity index is 502. The van der Waals surface area contributed by atoms with Gasteiger partial charge in [0.2, 0.25) is 0 Å². The normalized spacial score (nSPS) is 17.4. The van der Waals surface area contributed by atoms with E-state index >= 15 is 0 Å². The first-order valence-corrected chi connectivity index (χ1v) is 6.90. The maximum atomic E-state index is 12.9. The molecule has 1 aromatic rings. The first-order chi connectivity index (χ1) is 9.24. The molecule has 1 unspecified atom stereocenters. The number of hydrogen-bond donors (Lipinski definition) is 0. The minimum absolute atomic E-state index is 0.104. The fourth-order valence-electron chi connectivity index (χ4n) is 2.56. The van der Waals surface area contributed by atoms with Crippen molar-refractivity contribution in [1.82, 2.24) is 0 Å². The van der Waals surface area contributed by atoms with Gasteiger partial charge >= 0.3 is 7.56 Å². The number of fused-ring (bicyclic) bond motifs is 1. The lowest BCUT2D eigenvalue weighted by atomic mass is 9.78. The van der Waals surface area contributed by atoms with Gasteiger partial charge in [-0.2, -0.15) is 0 Å². The van der Waals surface area contributed by atoms with E-state index in [-0.39, 0.29) is 13.4 Å². The molecular formula is C17H20BF. The Morgan fingerprint density at radius 2 is 2.32 bits per heavy atom. The van der Waals surface area contributed by atoms with Crippen LogP contribution in [0, 0.1) is 0 Å². The third kappa shape index (κ3) is 3.47. The van der Waals surface area contributed by atoms with E-state index in [1.54, 1.807) is 0 Å². The smallest absolute Gasteiger partial charge is 0.338 e. The predicted octanol–water partition coefficient (Wildman–Crippen LogP) is 4.53. The van der Waals surface area contributed by atoms with E-state index in [2.05, 4.69) is 37.4 Å². The Balaban J connectivity index is 2.08. The van der Waals surface area contributed by atoms with E-state index in [1.165, 1.54) is 11.1 Å². The Morgan fingerprint density at radius 3 is 3.05 bits per heavy atom. The Labute approximate surface area is 116 Å². The highest BCUT2D eigenvalue weighted by molar-refractivity contribution is 6.29. The standard InChI is InChI=1S/C17H20BF/c1-3-4-5-13(2)6-7-14-8-9-15-10-11-17(18-19)16(15)12-14/h3,6-9,12,17-18H,1-2,4-5,10-11H2/b7-6+. The zero-order valence-electron chi connectivity index (χ0n) is 11.4. The first-order valence-electron chi connectivity index (χ1n) is 6.90. The summed E-state index contributed by atoms with van der Waals surface area (Å²) in [7, 11) is -0.244. The van der Waals surface area contributed by atoms with Gasteiger partial charge in [0.25, 0.3) is 0 Å². The van der Waals surface area contributed by atoms with Gasteiger partial charge in [-0.3, -0.25) is 0 Å². The summed E-state index contributed by atoms with van der Waals surface area (Å²) in [4.78, 5) is 0. The van der Waals surface area contributed by atoms with Gasteiger partial charge in [0.15, 0.2) is 0 Å². The molecule has 2 heteroatoms. The van der Waals surface area contributed by atoms with Gasteiger partial charge in [-0.05, 0) is 48.2 Å². The monoisotopic (exact) mass is 254 g/mol. The summed E-state index contributed by atoms with van der Waals surface area (Å²) in [6, 6.07) is 6.37. The van der Waals surface area contributed by atoms with Gasteiger partial charge in [-0.15, -0.1) is 6.58 Å². The average molecular weight is 254 g/mol. The molecule has 0 heterocycles. The number of hydrogen-bond acceptors (Lipinski definition) is 0. The Hall–Kier alpha value is -1.57. The minimum atomic E-state index is -0.244. The molecule has 0 nitrogen and oxygen atoms in total. The molecule has 2 rings (SSSR count). The van der Waals surface area contributed by atoms with E-state index in [9.17, 15) is 4.32 Å². The van der Waals surface area contributed by atoms with E-state index in [0.29, 0.717) is 0 Å². The summed E-state index contributed by atoms with van der Waals surface area (Å²) in [5, 5.41) is 0. The van der Waals surface area contributed by atoms with Crippen molar-refractivity contribution in [3.63, 3.8) is 0 Å². The highest BCUT2D eigenvalue weighted by Crippen LogP contribution is 2.33. The summed E-state index contributed by atoms with van der Waals surface area (Å²) < 4.78 is 12.9. The van der Waals surface area contributed by atoms with Crippen molar-refractivity contribution in [2.24, 2.45) is 0 Å². The van der Waals surface area contributed by atoms with Gasteiger partial charge in [0.1, 0.15) is 0 Å². The molecule has 0 saturated carbocycles. The van der Waals surface area contributed by atoms with E-state index < -0.39 is 0 Å². The number of benzene rings is 1. The van der Waals surface area contributed by atoms with Gasteiger partial charge in [0.05, 0.1) is 0 Å². The predicted molar refractivity (Wildman–Crippen MR) is 83.4 cm³/mol. The van der Waals surface area contributed by atoms with Crippen LogP contribution < -0.4 is 0 Å². The summed E-state index contributed by atoms with van der Waals surface area (Å²) in [5.74, 6) is 0.104. The lowest BCUT2D eigenvalue weighted by Crippen LogP contribution is -1.98. The third-order valence-electron chi connectivity index (χ3n) is 3.74. The average Bonchev–Trinajstić information content (AvgIpc) is 2.85. The molecule has 0 aromatic heterocycles. The SMILES string of the molecule is C=CCCC(=C)/C=C/c1ccc2c(c1)C(BF)CC2. The molecule has 1 aromatic carbocycles. The van der Waals surface area contributed by atoms with Gasteiger partial charge in [-0.25, -0.2) is 0 Å². The van der Waals surface area contributed by atoms with Crippen molar-refractivity contribution >= 4 is 13.6 Å². The van der Waals surface area contributed by atoms with Crippen LogP contribution in [0.25, 0.3) is 6.08 Å². The highest BCUT2D eigenvalue weighted by atomic mass is 19.1. The Morgan fingerprint density at radius 1 is 1.47 bits per heavy atom. The summed E-state index contributed by atoms with van der Waals surface area (Å²) in [6.45, 7) is 7.72. The summed E-state index contributed by atoms with van der Waals surface area (Å²) >= 11 is 0. The molecule has 0 saturated heterocycles. The van der Waals surface area contributed by atoms with Crippen LogP contribution in [0.5, 0.6) is 0 Å². The first kappa shape index (κ1) is 13.9. The molecule has 0 radical (unpaired) electrons. The molecule has 1 aliphatic rings. The molecule has 0 aliphatic heterocycles. The lowest BCUT2D eigenvalue weighted by molar-refractivity contribution is 0.775. The molecule has 1 aliphatic carbocycles. The lowest BCUT2D eigenvalue weighted by Gasteiger charge is -2.06. The van der Waals surface area contributed by atoms with Crippen molar-refractivity contribution in [3.8, 4) is 0 Å². The molecule has 0 bridgehead atoms. The second kappa shape index (κ2) is 6.56. The summed E-state index contributed by atoms with van der Waals surface area (Å²) in [6.07, 6.45) is 9.88. The molecule has 98 valence electrons. The van der Waals surface area contributed by atoms with Crippen LogP contribution in [-0.2, 0) is 6.42 Å². The Kier molecular flexibility index (Phi) is 4.78. The highest BCUT2D eigenvalue weighted by Gasteiger charge is 2.23. The van der Waals surface area contributed by atoms with Gasteiger partial charge < -0.3 is 4.32 Å². The van der Waals surface area contributed by atoms with E-state index in [0.717, 1.165) is 36.8 Å². The summed E-state index contributed by atoms with van der Waals surface area (Å²) in [5.41, 5.74) is 4.74. The maximum Gasteiger partial charge on any atom is 0.338 e. The van der Waals surface area contributed by atoms with Crippen molar-refractivity contribution < 1.29 is 4.32 Å². The van der Waals surface area contributed by atoms with Crippen LogP contribution in [0.4, 0.5) is 4.32 Å². The fourth-order valence-corrected chi connectivity index (χ4v) is 2.56. The van der Waals surface area contributed by atoms with Crippen LogP contribution in [-0.4, -0.2) is 7.56 Å². The van der Waals surface area contributed by atoms with Gasteiger partial charge in [0, 0.05) is 0 Å². The zero-order valence-corrected chi connectivity index (χ0v) is 11.4. The topological polar surface area (TPSA) is 0 Å². The van der Waals surface area contributed by atoms with Crippen molar-refractivity contribution in [2.75, 3.05) is 0 Å². The number of halogens is 1. The van der Waals surface area contributed by atoms with E-state index in [4.69, 9.17) is 0 Å². The van der Waals surface area contributed by atoms with Crippen LogP contribution in [0.2, 0.25) is 0 Å². The second-order valence-corrected chi connectivity index (χ2v) is 5.17. The molecular weight excluding hydrogens is 234 g/mol. The maximum absolute atomic E-state index is 12.9. The molecule has 1 atom stereocenters. The molecule has 19 heavy (non-hydrogen) atoms. The molecule has 0 fully saturated rings. The van der Waals surface area contributed by atoms with Crippen LogP contribution in [0.15, 0.2) is 49.1 Å².